The first-order valence-electron chi connectivity index (χ1n) is 9.46. The van der Waals surface area contributed by atoms with Crippen LogP contribution in [-0.4, -0.2) is 26.1 Å². The van der Waals surface area contributed by atoms with E-state index in [1.807, 2.05) is 0 Å². The fraction of sp³-hybridized carbons (Fsp3) is 0.190. The summed E-state index contributed by atoms with van der Waals surface area (Å²) in [5, 5.41) is 7.73. The predicted molar refractivity (Wildman–Crippen MR) is 107 cm³/mol. The number of fused-ring (bicyclic) bond motifs is 1. The first kappa shape index (κ1) is 22.4. The van der Waals surface area contributed by atoms with Gasteiger partial charge >= 0.3 is 6.36 Å². The Balaban J connectivity index is 1.54. The number of alkyl halides is 5. The molecule has 33 heavy (non-hydrogen) atoms. The molecule has 0 saturated carbocycles. The maximum atomic E-state index is 14.1. The Morgan fingerprint density at radius 1 is 1.00 bits per heavy atom. The number of hydrogen-bond acceptors (Lipinski definition) is 5. The summed E-state index contributed by atoms with van der Waals surface area (Å²) in [6.07, 6.45) is -1.96. The number of ether oxygens (including phenoxy) is 1. The van der Waals surface area contributed by atoms with Crippen molar-refractivity contribution in [3.63, 3.8) is 0 Å². The van der Waals surface area contributed by atoms with Gasteiger partial charge in [-0.05, 0) is 42.0 Å². The zero-order valence-corrected chi connectivity index (χ0v) is 16.9. The van der Waals surface area contributed by atoms with Crippen LogP contribution in [0.1, 0.15) is 18.1 Å². The number of rotatable bonds is 6. The molecule has 0 aliphatic heterocycles. The van der Waals surface area contributed by atoms with E-state index in [0.717, 1.165) is 24.3 Å². The lowest BCUT2D eigenvalue weighted by Gasteiger charge is -2.12. The van der Waals surface area contributed by atoms with E-state index >= 15 is 0 Å². The topological polar surface area (TPSA) is 64.9 Å². The average molecular weight is 467 g/mol. The molecule has 0 saturated heterocycles. The lowest BCUT2D eigenvalue weighted by Crippen LogP contribution is -2.16. The second-order valence-corrected chi connectivity index (χ2v) is 7.19. The molecule has 0 aliphatic rings. The molecule has 2 aromatic heterocycles. The zero-order valence-electron chi connectivity index (χ0n) is 16.9. The number of hydrogen-bond donors (Lipinski definition) is 1. The number of aromatic nitrogens is 4. The maximum absolute atomic E-state index is 14.1. The fourth-order valence-corrected chi connectivity index (χ4v) is 3.14. The van der Waals surface area contributed by atoms with Gasteiger partial charge in [0.2, 0.25) is 0 Å². The van der Waals surface area contributed by atoms with Crippen molar-refractivity contribution in [1.82, 2.24) is 19.7 Å². The van der Waals surface area contributed by atoms with Crippen LogP contribution in [0.4, 0.5) is 37.8 Å². The monoisotopic (exact) mass is 467 g/mol. The molecule has 0 atom stereocenters. The molecule has 172 valence electrons. The second kappa shape index (κ2) is 8.26. The van der Waals surface area contributed by atoms with Crippen molar-refractivity contribution < 1.29 is 31.1 Å². The third-order valence-electron chi connectivity index (χ3n) is 4.57. The fourth-order valence-electron chi connectivity index (χ4n) is 3.14. The summed E-state index contributed by atoms with van der Waals surface area (Å²) in [5.74, 6) is -4.34. The molecule has 4 aromatic rings. The van der Waals surface area contributed by atoms with E-state index in [0.29, 0.717) is 35.0 Å². The number of benzene rings is 2. The quantitative estimate of drug-likeness (QED) is 0.365. The molecule has 6 nitrogen and oxygen atoms in total. The Bertz CT molecular complexity index is 1280. The predicted octanol–water partition coefficient (Wildman–Crippen LogP) is 5.77. The molecule has 0 bridgehead atoms. The highest BCUT2D eigenvalue weighted by atomic mass is 19.4. The van der Waals surface area contributed by atoms with Gasteiger partial charge in [0.05, 0.1) is 17.5 Å². The van der Waals surface area contributed by atoms with Crippen LogP contribution in [0, 0.1) is 5.82 Å². The van der Waals surface area contributed by atoms with Gasteiger partial charge in [0.15, 0.2) is 5.65 Å². The van der Waals surface area contributed by atoms with Crippen LogP contribution in [0.15, 0.2) is 55.0 Å². The van der Waals surface area contributed by atoms with Gasteiger partial charge in [-0.15, -0.1) is 13.2 Å². The molecular weight excluding hydrogens is 452 g/mol. The third kappa shape index (κ3) is 5.33. The summed E-state index contributed by atoms with van der Waals surface area (Å²) >= 11 is 0. The van der Waals surface area contributed by atoms with E-state index in [1.165, 1.54) is 29.2 Å². The minimum Gasteiger partial charge on any atom is -0.406 e. The van der Waals surface area contributed by atoms with Gasteiger partial charge in [-0.1, -0.05) is 6.07 Å². The van der Waals surface area contributed by atoms with Gasteiger partial charge in [-0.3, -0.25) is 4.68 Å². The van der Waals surface area contributed by atoms with Gasteiger partial charge in [-0.25, -0.2) is 23.1 Å². The maximum Gasteiger partial charge on any atom is 0.573 e. The van der Waals surface area contributed by atoms with E-state index in [4.69, 9.17) is 0 Å². The van der Waals surface area contributed by atoms with Gasteiger partial charge in [-0.2, -0.15) is 5.10 Å². The number of anilines is 2. The molecular formula is C21H15F6N5O. The highest BCUT2D eigenvalue weighted by Crippen LogP contribution is 2.30. The van der Waals surface area contributed by atoms with Crippen molar-refractivity contribution in [2.24, 2.45) is 0 Å². The summed E-state index contributed by atoms with van der Waals surface area (Å²) in [5.41, 5.74) is 0.467. The van der Waals surface area contributed by atoms with Gasteiger partial charge in [0.1, 0.15) is 23.7 Å². The second-order valence-electron chi connectivity index (χ2n) is 7.19. The third-order valence-corrected chi connectivity index (χ3v) is 4.57. The molecule has 12 heteroatoms. The molecule has 0 spiro atoms. The first-order valence-corrected chi connectivity index (χ1v) is 9.46. The number of nitrogens with zero attached hydrogens (tertiary/aromatic N) is 4. The van der Waals surface area contributed by atoms with Gasteiger partial charge in [0, 0.05) is 18.8 Å². The summed E-state index contributed by atoms with van der Waals surface area (Å²) in [6.45, 7) is 0.709. The number of halogens is 6. The molecule has 0 radical (unpaired) electrons. The number of nitrogens with one attached hydrogen (secondary N) is 1. The van der Waals surface area contributed by atoms with Crippen LogP contribution >= 0.6 is 0 Å². The van der Waals surface area contributed by atoms with Crippen molar-refractivity contribution >= 4 is 22.5 Å². The highest BCUT2D eigenvalue weighted by Gasteiger charge is 2.31. The van der Waals surface area contributed by atoms with Crippen molar-refractivity contribution in [3.8, 4) is 5.75 Å². The molecule has 0 unspecified atom stereocenters. The summed E-state index contributed by atoms with van der Waals surface area (Å²) in [6, 6.07) is 8.50. The molecule has 2 aromatic carbocycles. The van der Waals surface area contributed by atoms with E-state index in [-0.39, 0.29) is 12.3 Å². The summed E-state index contributed by atoms with van der Waals surface area (Å²) < 4.78 is 83.0. The SMILES string of the molecule is CC(F)(F)c1ccc(Cn2cc3c(Nc4ccc(OC(F)(F)F)cc4)ncnc3n2)cc1F. The van der Waals surface area contributed by atoms with Crippen LogP contribution in [-0.2, 0) is 12.5 Å². The van der Waals surface area contributed by atoms with Crippen molar-refractivity contribution in [2.45, 2.75) is 25.8 Å². The minimum atomic E-state index is -4.79. The van der Waals surface area contributed by atoms with E-state index < -0.39 is 23.7 Å². The van der Waals surface area contributed by atoms with Crippen LogP contribution < -0.4 is 10.1 Å². The highest BCUT2D eigenvalue weighted by molar-refractivity contribution is 5.87. The molecule has 4 rings (SSSR count). The van der Waals surface area contributed by atoms with E-state index in [1.54, 1.807) is 6.20 Å². The van der Waals surface area contributed by atoms with Crippen molar-refractivity contribution in [2.75, 3.05) is 5.32 Å². The Labute approximate surface area is 182 Å². The van der Waals surface area contributed by atoms with Gasteiger partial charge in [0.25, 0.3) is 5.92 Å². The van der Waals surface area contributed by atoms with Gasteiger partial charge < -0.3 is 10.1 Å². The molecule has 0 amide bonds. The van der Waals surface area contributed by atoms with Crippen molar-refractivity contribution in [3.05, 3.63) is 71.9 Å². The average Bonchev–Trinajstić information content (AvgIpc) is 3.11. The first-order chi connectivity index (χ1) is 15.5. The Morgan fingerprint density at radius 3 is 2.36 bits per heavy atom. The standard InChI is InChI=1S/C21H15F6N5O/c1-20(23,24)16-7-2-12(8-17(16)22)9-32-10-15-18(28-11-29-19(15)31-32)30-13-3-5-14(6-4-13)33-21(25,26)27/h2-8,10-11H,9H2,1H3,(H,28,29,30,31). The van der Waals surface area contributed by atoms with Crippen LogP contribution in [0.2, 0.25) is 0 Å². The molecule has 0 aliphatic carbocycles. The molecule has 0 fully saturated rings. The zero-order chi connectivity index (χ0) is 23.8. The van der Waals surface area contributed by atoms with E-state index in [9.17, 15) is 26.3 Å². The Hall–Kier alpha value is -3.83. The Kier molecular flexibility index (Phi) is 5.60. The molecule has 2 heterocycles. The summed E-state index contributed by atoms with van der Waals surface area (Å²) in [7, 11) is 0. The Morgan fingerprint density at radius 2 is 1.73 bits per heavy atom. The smallest absolute Gasteiger partial charge is 0.406 e. The minimum absolute atomic E-state index is 0.0891. The van der Waals surface area contributed by atoms with Crippen LogP contribution in [0.5, 0.6) is 5.75 Å². The summed E-state index contributed by atoms with van der Waals surface area (Å²) in [4.78, 5) is 8.19. The van der Waals surface area contributed by atoms with Crippen LogP contribution in [0.3, 0.4) is 0 Å². The normalized spacial score (nSPS) is 12.2. The largest absolute Gasteiger partial charge is 0.573 e. The molecule has 1 N–H and O–H groups in total. The lowest BCUT2D eigenvalue weighted by molar-refractivity contribution is -0.274. The lowest BCUT2D eigenvalue weighted by atomic mass is 10.1. The van der Waals surface area contributed by atoms with E-state index in [2.05, 4.69) is 25.1 Å². The van der Waals surface area contributed by atoms with Crippen LogP contribution in [0.25, 0.3) is 11.0 Å². The van der Waals surface area contributed by atoms with Crippen molar-refractivity contribution in [1.29, 1.82) is 0 Å².